The van der Waals surface area contributed by atoms with E-state index in [1.807, 2.05) is 24.3 Å². The molecule has 0 radical (unpaired) electrons. The molecule has 0 fully saturated rings. The molecule has 0 aliphatic heterocycles. The number of anilines is 1. The lowest BCUT2D eigenvalue weighted by Crippen LogP contribution is -2.02. The lowest BCUT2D eigenvalue weighted by molar-refractivity contribution is 0.0697. The third-order valence-electron chi connectivity index (χ3n) is 2.59. The van der Waals surface area contributed by atoms with Crippen molar-refractivity contribution >= 4 is 39.2 Å². The first kappa shape index (κ1) is 13.9. The van der Waals surface area contributed by atoms with Gasteiger partial charge in [0.2, 0.25) is 0 Å². The molecule has 0 spiro atoms. The van der Waals surface area contributed by atoms with Gasteiger partial charge in [0.25, 0.3) is 0 Å². The summed E-state index contributed by atoms with van der Waals surface area (Å²) in [7, 11) is 0. The number of carbonyl (C=O) groups is 1. The number of hydrogen-bond acceptors (Lipinski definition) is 2. The number of carboxylic acids is 1. The minimum atomic E-state index is -0.970. The Kier molecular flexibility index (Phi) is 4.45. The van der Waals surface area contributed by atoms with Crippen molar-refractivity contribution in [3.63, 3.8) is 0 Å². The molecule has 0 amide bonds. The lowest BCUT2D eigenvalue weighted by atomic mass is 10.2. The summed E-state index contributed by atoms with van der Waals surface area (Å²) >= 11 is 9.44. The standard InChI is InChI=1S/C14H11BrClNO2/c15-11-3-1-2-9(6-11)8-17-13-7-10(14(18)19)4-5-12(13)16/h1-7,17H,8H2,(H,18,19). The second-order valence-electron chi connectivity index (χ2n) is 3.98. The quantitative estimate of drug-likeness (QED) is 0.866. The van der Waals surface area contributed by atoms with Crippen molar-refractivity contribution < 1.29 is 9.90 Å². The van der Waals surface area contributed by atoms with Gasteiger partial charge < -0.3 is 10.4 Å². The van der Waals surface area contributed by atoms with Crippen molar-refractivity contribution in [1.29, 1.82) is 0 Å². The number of benzene rings is 2. The number of nitrogens with one attached hydrogen (secondary N) is 1. The Bertz CT molecular complexity index is 616. The topological polar surface area (TPSA) is 49.3 Å². The molecule has 0 saturated carbocycles. The minimum absolute atomic E-state index is 0.209. The van der Waals surface area contributed by atoms with Gasteiger partial charge in [-0.2, -0.15) is 0 Å². The molecule has 0 saturated heterocycles. The maximum Gasteiger partial charge on any atom is 0.335 e. The molecule has 0 aliphatic rings. The van der Waals surface area contributed by atoms with Crippen molar-refractivity contribution in [2.24, 2.45) is 0 Å². The summed E-state index contributed by atoms with van der Waals surface area (Å²) in [6.07, 6.45) is 0. The van der Waals surface area contributed by atoms with Gasteiger partial charge in [-0.3, -0.25) is 0 Å². The fourth-order valence-electron chi connectivity index (χ4n) is 1.64. The average molecular weight is 341 g/mol. The van der Waals surface area contributed by atoms with E-state index < -0.39 is 5.97 Å². The van der Waals surface area contributed by atoms with Gasteiger partial charge in [0.1, 0.15) is 0 Å². The summed E-state index contributed by atoms with van der Waals surface area (Å²) in [5, 5.41) is 12.6. The van der Waals surface area contributed by atoms with E-state index in [0.717, 1.165) is 10.0 Å². The number of rotatable bonds is 4. The van der Waals surface area contributed by atoms with Crippen LogP contribution in [0.15, 0.2) is 46.9 Å². The monoisotopic (exact) mass is 339 g/mol. The SMILES string of the molecule is O=C(O)c1ccc(Cl)c(NCc2cccc(Br)c2)c1. The molecule has 2 aromatic carbocycles. The van der Waals surface area contributed by atoms with Gasteiger partial charge in [0.15, 0.2) is 0 Å². The summed E-state index contributed by atoms with van der Waals surface area (Å²) < 4.78 is 0.997. The molecule has 98 valence electrons. The first-order chi connectivity index (χ1) is 9.06. The smallest absolute Gasteiger partial charge is 0.335 e. The van der Waals surface area contributed by atoms with Crippen molar-refractivity contribution in [3.8, 4) is 0 Å². The van der Waals surface area contributed by atoms with Crippen LogP contribution in [-0.2, 0) is 6.54 Å². The van der Waals surface area contributed by atoms with Crippen molar-refractivity contribution in [2.45, 2.75) is 6.54 Å². The fourth-order valence-corrected chi connectivity index (χ4v) is 2.27. The van der Waals surface area contributed by atoms with Crippen LogP contribution in [-0.4, -0.2) is 11.1 Å². The van der Waals surface area contributed by atoms with Gasteiger partial charge in [0.05, 0.1) is 16.3 Å². The Labute approximate surface area is 124 Å². The van der Waals surface area contributed by atoms with E-state index in [0.29, 0.717) is 17.3 Å². The predicted octanol–water partition coefficient (Wildman–Crippen LogP) is 4.41. The average Bonchev–Trinajstić information content (AvgIpc) is 2.37. The fraction of sp³-hybridized carbons (Fsp3) is 0.0714. The van der Waals surface area contributed by atoms with Crippen LogP contribution in [0.2, 0.25) is 5.02 Å². The van der Waals surface area contributed by atoms with Crippen molar-refractivity contribution in [1.82, 2.24) is 0 Å². The first-order valence-corrected chi connectivity index (χ1v) is 6.74. The lowest BCUT2D eigenvalue weighted by Gasteiger charge is -2.09. The minimum Gasteiger partial charge on any atom is -0.478 e. The van der Waals surface area contributed by atoms with Crippen LogP contribution < -0.4 is 5.32 Å². The highest BCUT2D eigenvalue weighted by Gasteiger charge is 2.07. The van der Waals surface area contributed by atoms with Crippen LogP contribution in [0.25, 0.3) is 0 Å². The molecule has 0 unspecified atom stereocenters. The highest BCUT2D eigenvalue weighted by molar-refractivity contribution is 9.10. The van der Waals surface area contributed by atoms with E-state index in [9.17, 15) is 4.79 Å². The van der Waals surface area contributed by atoms with E-state index >= 15 is 0 Å². The maximum atomic E-state index is 10.9. The second-order valence-corrected chi connectivity index (χ2v) is 5.31. The van der Waals surface area contributed by atoms with E-state index in [1.54, 1.807) is 6.07 Å². The van der Waals surface area contributed by atoms with Gasteiger partial charge in [-0.25, -0.2) is 4.79 Å². The normalized spacial score (nSPS) is 10.2. The van der Waals surface area contributed by atoms with Gasteiger partial charge in [-0.1, -0.05) is 39.7 Å². The molecule has 0 atom stereocenters. The Morgan fingerprint density at radius 3 is 2.74 bits per heavy atom. The van der Waals surface area contributed by atoms with Gasteiger partial charge >= 0.3 is 5.97 Å². The Morgan fingerprint density at radius 1 is 1.26 bits per heavy atom. The number of carboxylic acid groups (broad SMARTS) is 1. The van der Waals surface area contributed by atoms with Crippen molar-refractivity contribution in [2.75, 3.05) is 5.32 Å². The first-order valence-electron chi connectivity index (χ1n) is 5.57. The van der Waals surface area contributed by atoms with Crippen molar-refractivity contribution in [3.05, 3.63) is 63.1 Å². The molecule has 19 heavy (non-hydrogen) atoms. The predicted molar refractivity (Wildman–Crippen MR) is 79.9 cm³/mol. The zero-order valence-corrected chi connectivity index (χ0v) is 12.2. The van der Waals surface area contributed by atoms with Crippen LogP contribution in [0, 0.1) is 0 Å². The van der Waals surface area contributed by atoms with E-state index in [2.05, 4.69) is 21.2 Å². The Morgan fingerprint density at radius 2 is 2.05 bits per heavy atom. The van der Waals surface area contributed by atoms with E-state index in [1.165, 1.54) is 12.1 Å². The van der Waals surface area contributed by atoms with Crippen LogP contribution >= 0.6 is 27.5 Å². The second kappa shape index (κ2) is 6.08. The highest BCUT2D eigenvalue weighted by Crippen LogP contribution is 2.24. The number of aromatic carboxylic acids is 1. The zero-order valence-electron chi connectivity index (χ0n) is 9.86. The molecule has 0 aliphatic carbocycles. The molecular formula is C14H11BrClNO2. The molecule has 0 heterocycles. The maximum absolute atomic E-state index is 10.9. The third kappa shape index (κ3) is 3.72. The molecule has 0 bridgehead atoms. The summed E-state index contributed by atoms with van der Waals surface area (Å²) in [4.78, 5) is 10.9. The Balaban J connectivity index is 2.15. The summed E-state index contributed by atoms with van der Waals surface area (Å²) in [5.74, 6) is -0.970. The number of halogens is 2. The van der Waals surface area contributed by atoms with Crippen LogP contribution in [0.1, 0.15) is 15.9 Å². The van der Waals surface area contributed by atoms with Crippen LogP contribution in [0.3, 0.4) is 0 Å². The molecule has 5 heteroatoms. The van der Waals surface area contributed by atoms with Gasteiger partial charge in [-0.05, 0) is 35.9 Å². The van der Waals surface area contributed by atoms with Crippen LogP contribution in [0.4, 0.5) is 5.69 Å². The van der Waals surface area contributed by atoms with Gasteiger partial charge in [0, 0.05) is 11.0 Å². The van der Waals surface area contributed by atoms with E-state index in [-0.39, 0.29) is 5.56 Å². The molecular weight excluding hydrogens is 330 g/mol. The van der Waals surface area contributed by atoms with E-state index in [4.69, 9.17) is 16.7 Å². The van der Waals surface area contributed by atoms with Crippen LogP contribution in [0.5, 0.6) is 0 Å². The molecule has 0 aromatic heterocycles. The largest absolute Gasteiger partial charge is 0.478 e. The molecule has 2 N–H and O–H groups in total. The zero-order chi connectivity index (χ0) is 13.8. The molecule has 2 aromatic rings. The number of hydrogen-bond donors (Lipinski definition) is 2. The molecule has 3 nitrogen and oxygen atoms in total. The third-order valence-corrected chi connectivity index (χ3v) is 3.41. The summed E-state index contributed by atoms with van der Waals surface area (Å²) in [5.41, 5.74) is 1.90. The summed E-state index contributed by atoms with van der Waals surface area (Å²) in [6.45, 7) is 0.572. The molecule has 2 rings (SSSR count). The Hall–Kier alpha value is -1.52. The van der Waals surface area contributed by atoms with Gasteiger partial charge in [-0.15, -0.1) is 0 Å². The summed E-state index contributed by atoms with van der Waals surface area (Å²) in [6, 6.07) is 12.4. The highest BCUT2D eigenvalue weighted by atomic mass is 79.9.